The number of hydrogen-bond donors (Lipinski definition) is 1. The van der Waals surface area contributed by atoms with Crippen molar-refractivity contribution in [2.45, 2.75) is 128 Å². The van der Waals surface area contributed by atoms with E-state index in [0.717, 1.165) is 42.1 Å². The second kappa shape index (κ2) is 22.3. The van der Waals surface area contributed by atoms with Gasteiger partial charge in [0, 0.05) is 11.8 Å². The predicted molar refractivity (Wildman–Crippen MR) is 189 cm³/mol. The summed E-state index contributed by atoms with van der Waals surface area (Å²) in [5.41, 5.74) is 7.58. The fraction of sp³-hybridized carbons (Fsp3) is 0.513. The summed E-state index contributed by atoms with van der Waals surface area (Å²) in [5, 5.41) is 0.807. The van der Waals surface area contributed by atoms with Gasteiger partial charge in [0.15, 0.2) is 0 Å². The van der Waals surface area contributed by atoms with Gasteiger partial charge in [-0.2, -0.15) is 0 Å². The smallest absolute Gasteiger partial charge is 0.329 e. The Morgan fingerprint density at radius 3 is 2.15 bits per heavy atom. The summed E-state index contributed by atoms with van der Waals surface area (Å²) >= 11 is 0. The van der Waals surface area contributed by atoms with Crippen LogP contribution in [0.2, 0.25) is 0 Å². The molecule has 2 atom stereocenters. The van der Waals surface area contributed by atoms with Crippen LogP contribution in [0.25, 0.3) is 10.9 Å². The molecule has 2 N–H and O–H groups in total. The fourth-order valence-corrected chi connectivity index (χ4v) is 5.84. The molecule has 0 unspecified atom stereocenters. The number of rotatable bonds is 25. The summed E-state index contributed by atoms with van der Waals surface area (Å²) in [5.74, 6) is -1.61. The van der Waals surface area contributed by atoms with Gasteiger partial charge in [0.1, 0.15) is 18.8 Å². The lowest BCUT2D eigenvalue weighted by Gasteiger charge is -2.28. The molecule has 0 radical (unpaired) electrons. The van der Waals surface area contributed by atoms with Crippen LogP contribution in [-0.4, -0.2) is 41.4 Å². The van der Waals surface area contributed by atoms with E-state index >= 15 is 0 Å². The summed E-state index contributed by atoms with van der Waals surface area (Å²) in [6, 6.07) is 17.6. The van der Waals surface area contributed by atoms with Crippen molar-refractivity contribution in [2.75, 3.05) is 4.90 Å². The monoisotopic (exact) mass is 659 g/mol. The Morgan fingerprint density at radius 1 is 0.833 bits per heavy atom. The molecule has 0 saturated heterocycles. The number of benzene rings is 2. The van der Waals surface area contributed by atoms with E-state index in [1.807, 2.05) is 54.6 Å². The minimum Gasteiger partial charge on any atom is -0.461 e. The van der Waals surface area contributed by atoms with E-state index in [1.165, 1.54) is 56.0 Å². The molecule has 0 aliphatic heterocycles. The first kappa shape index (κ1) is 38.2. The lowest BCUT2D eigenvalue weighted by Crippen LogP contribution is -2.43. The van der Waals surface area contributed by atoms with Gasteiger partial charge in [-0.25, -0.2) is 4.79 Å². The quantitative estimate of drug-likeness (QED) is 0.0555. The molecule has 0 saturated carbocycles. The number of unbranched alkanes of at least 4 members (excludes halogenated alkanes) is 10. The van der Waals surface area contributed by atoms with E-state index in [4.69, 9.17) is 15.2 Å². The van der Waals surface area contributed by atoms with Gasteiger partial charge in [0.25, 0.3) is 0 Å². The summed E-state index contributed by atoms with van der Waals surface area (Å²) in [4.78, 5) is 56.5. The Morgan fingerprint density at radius 2 is 1.48 bits per heavy atom. The van der Waals surface area contributed by atoms with Crippen LogP contribution in [0.3, 0.4) is 0 Å². The zero-order valence-corrected chi connectivity index (χ0v) is 28.5. The number of carbonyl (C=O) groups is 4. The maximum absolute atomic E-state index is 13.7. The number of ether oxygens (including phenoxy) is 2. The molecular formula is C39H53N3O6. The third-order valence-corrected chi connectivity index (χ3v) is 8.54. The number of aromatic nitrogens is 1. The lowest BCUT2D eigenvalue weighted by atomic mass is 10.0. The predicted octanol–water partition coefficient (Wildman–Crippen LogP) is 7.97. The normalized spacial score (nSPS) is 12.3. The molecule has 0 aliphatic carbocycles. The number of para-hydroxylation sites is 1. The van der Waals surface area contributed by atoms with Crippen LogP contribution in [0.15, 0.2) is 66.9 Å². The van der Waals surface area contributed by atoms with Crippen molar-refractivity contribution in [3.05, 3.63) is 72.4 Å². The Hall–Kier alpha value is -4.27. The molecule has 260 valence electrons. The molecule has 2 amide bonds. The number of esters is 2. The molecule has 0 aliphatic rings. The molecule has 9 heteroatoms. The average molecular weight is 660 g/mol. The third-order valence-electron chi connectivity index (χ3n) is 8.54. The van der Waals surface area contributed by atoms with Gasteiger partial charge in [0.2, 0.25) is 12.3 Å². The zero-order chi connectivity index (χ0) is 34.4. The van der Waals surface area contributed by atoms with Crippen LogP contribution in [0.5, 0.6) is 0 Å². The first-order chi connectivity index (χ1) is 23.4. The van der Waals surface area contributed by atoms with Crippen molar-refractivity contribution in [3.8, 4) is 0 Å². The van der Waals surface area contributed by atoms with Crippen molar-refractivity contribution in [3.63, 3.8) is 0 Å². The standard InChI is InChI=1S/C39H53N3O6/c1-2-3-4-5-6-7-8-9-10-11-15-22-34(27-37(40)44)48-39(46)36(24-18-25-38(45)47-29-31-19-13-12-14-20-31)42(30-43)33-26-32-21-16-17-23-35(32)41-28-33/h12-14,16-17,19-21,23,26,28,30,34,36H,2-11,15,18,22,24-25,27,29H2,1H3,(H2,40,44)/t34-,36-/m1/s1. The average Bonchev–Trinajstić information content (AvgIpc) is 3.09. The summed E-state index contributed by atoms with van der Waals surface area (Å²) in [7, 11) is 0. The number of hydrogen-bond acceptors (Lipinski definition) is 7. The van der Waals surface area contributed by atoms with E-state index < -0.39 is 30.0 Å². The van der Waals surface area contributed by atoms with Gasteiger partial charge in [-0.15, -0.1) is 0 Å². The van der Waals surface area contributed by atoms with Crippen LogP contribution in [0.1, 0.15) is 115 Å². The molecular weight excluding hydrogens is 606 g/mol. The van der Waals surface area contributed by atoms with Crippen molar-refractivity contribution < 1.29 is 28.7 Å². The van der Waals surface area contributed by atoms with Gasteiger partial charge < -0.3 is 15.2 Å². The number of nitrogens with two attached hydrogens (primary N) is 1. The molecule has 9 nitrogen and oxygen atoms in total. The number of nitrogens with zero attached hydrogens (tertiary/aromatic N) is 2. The van der Waals surface area contributed by atoms with Gasteiger partial charge in [0.05, 0.1) is 23.8 Å². The Balaban J connectivity index is 1.61. The number of primary amides is 1. The Kier molecular flexibility index (Phi) is 17.8. The van der Waals surface area contributed by atoms with E-state index in [-0.39, 0.29) is 32.3 Å². The number of carbonyl (C=O) groups excluding carboxylic acids is 4. The molecule has 0 fully saturated rings. The summed E-state index contributed by atoms with van der Waals surface area (Å²) in [6.45, 7) is 2.38. The number of fused-ring (bicyclic) bond motifs is 1. The number of pyridine rings is 1. The first-order valence-electron chi connectivity index (χ1n) is 17.7. The van der Waals surface area contributed by atoms with Gasteiger partial charge in [-0.3, -0.25) is 24.3 Å². The molecule has 0 spiro atoms. The van der Waals surface area contributed by atoms with E-state index in [2.05, 4.69) is 11.9 Å². The summed E-state index contributed by atoms with van der Waals surface area (Å²) < 4.78 is 11.3. The minimum atomic E-state index is -1.04. The molecule has 3 rings (SSSR count). The fourth-order valence-electron chi connectivity index (χ4n) is 5.84. The van der Waals surface area contributed by atoms with E-state index in [0.29, 0.717) is 18.5 Å². The molecule has 2 aromatic carbocycles. The zero-order valence-electron chi connectivity index (χ0n) is 28.5. The summed E-state index contributed by atoms with van der Waals surface area (Å²) in [6.07, 6.45) is 15.3. The highest BCUT2D eigenvalue weighted by Crippen LogP contribution is 2.24. The highest BCUT2D eigenvalue weighted by Gasteiger charge is 2.31. The van der Waals surface area contributed by atoms with Crippen molar-refractivity contribution >= 4 is 40.8 Å². The Labute approximate surface area is 285 Å². The van der Waals surface area contributed by atoms with Gasteiger partial charge in [-0.05, 0) is 43.4 Å². The number of amides is 2. The van der Waals surface area contributed by atoms with E-state index in [9.17, 15) is 19.2 Å². The second-order valence-electron chi connectivity index (χ2n) is 12.5. The van der Waals surface area contributed by atoms with Crippen molar-refractivity contribution in [2.24, 2.45) is 5.73 Å². The van der Waals surface area contributed by atoms with Crippen molar-refractivity contribution in [1.82, 2.24) is 4.98 Å². The molecule has 1 heterocycles. The van der Waals surface area contributed by atoms with Crippen molar-refractivity contribution in [1.29, 1.82) is 0 Å². The van der Waals surface area contributed by atoms with Crippen LogP contribution in [0, 0.1) is 0 Å². The van der Waals surface area contributed by atoms with Gasteiger partial charge >= 0.3 is 11.9 Å². The highest BCUT2D eigenvalue weighted by atomic mass is 16.5. The lowest BCUT2D eigenvalue weighted by molar-refractivity contribution is -0.153. The Bertz CT molecular complexity index is 1400. The number of anilines is 1. The largest absolute Gasteiger partial charge is 0.461 e. The maximum atomic E-state index is 13.7. The van der Waals surface area contributed by atoms with Crippen LogP contribution in [-0.2, 0) is 35.3 Å². The SMILES string of the molecule is CCCCCCCCCCCCC[C@H](CC(N)=O)OC(=O)[C@@H](CCCC(=O)OCc1ccccc1)N(C=O)c1cnc2ccccc2c1. The molecule has 1 aromatic heterocycles. The molecule has 48 heavy (non-hydrogen) atoms. The molecule has 0 bridgehead atoms. The topological polar surface area (TPSA) is 129 Å². The first-order valence-corrected chi connectivity index (χ1v) is 17.7. The minimum absolute atomic E-state index is 0.0583. The third kappa shape index (κ3) is 14.2. The van der Waals surface area contributed by atoms with Gasteiger partial charge in [-0.1, -0.05) is 120 Å². The second-order valence-corrected chi connectivity index (χ2v) is 12.5. The van der Waals surface area contributed by atoms with Crippen LogP contribution in [0.4, 0.5) is 5.69 Å². The van der Waals surface area contributed by atoms with E-state index in [1.54, 1.807) is 6.07 Å². The highest BCUT2D eigenvalue weighted by molar-refractivity contribution is 5.92. The molecule has 3 aromatic rings. The van der Waals surface area contributed by atoms with Crippen LogP contribution < -0.4 is 10.6 Å². The van der Waals surface area contributed by atoms with Crippen LogP contribution >= 0.6 is 0 Å². The maximum Gasteiger partial charge on any atom is 0.329 e.